The van der Waals surface area contributed by atoms with Crippen LogP contribution in [0.25, 0.3) is 0 Å². The molecule has 0 bridgehead atoms. The monoisotopic (exact) mass is 446 g/mol. The second-order valence-corrected chi connectivity index (χ2v) is 8.21. The van der Waals surface area contributed by atoms with Gasteiger partial charge in [0.15, 0.2) is 11.5 Å². The molecule has 10 heteroatoms. The Kier molecular flexibility index (Phi) is 4.60. The molecule has 10 nitrogen and oxygen atoms in total. The standard InChI is InChI=1S/C22H22O10/c23-6-17-18(24)19(25)20(26)22(32-17)30-9-1-2-10-13(3-9)27-7-12-11-4-15-16(29-8-28-15)5-14(11)31-21(10)12/h1-5,12,17-26H,6-8H2/t12-,17+,18+,19-,20+,21+,22-/m1/s1. The van der Waals surface area contributed by atoms with Crippen molar-refractivity contribution in [2.24, 2.45) is 0 Å². The van der Waals surface area contributed by atoms with Crippen LogP contribution in [-0.2, 0) is 4.74 Å². The number of aliphatic hydroxyl groups excluding tert-OH is 4. The van der Waals surface area contributed by atoms with Gasteiger partial charge in [-0.2, -0.15) is 0 Å². The largest absolute Gasteiger partial charge is 0.492 e. The number of benzene rings is 2. The van der Waals surface area contributed by atoms with E-state index in [9.17, 15) is 20.4 Å². The summed E-state index contributed by atoms with van der Waals surface area (Å²) >= 11 is 0. The molecule has 4 aliphatic rings. The average molecular weight is 446 g/mol. The first-order valence-corrected chi connectivity index (χ1v) is 10.4. The highest BCUT2D eigenvalue weighted by molar-refractivity contribution is 5.57. The van der Waals surface area contributed by atoms with Gasteiger partial charge in [0.1, 0.15) is 47.8 Å². The van der Waals surface area contributed by atoms with Crippen molar-refractivity contribution in [2.75, 3.05) is 20.0 Å². The molecule has 0 unspecified atom stereocenters. The van der Waals surface area contributed by atoms with E-state index in [2.05, 4.69) is 0 Å². The Morgan fingerprint density at radius 2 is 1.66 bits per heavy atom. The molecule has 1 saturated heterocycles. The third kappa shape index (κ3) is 2.99. The van der Waals surface area contributed by atoms with Gasteiger partial charge < -0.3 is 48.8 Å². The van der Waals surface area contributed by atoms with Crippen molar-refractivity contribution in [1.82, 2.24) is 0 Å². The zero-order valence-corrected chi connectivity index (χ0v) is 16.8. The van der Waals surface area contributed by atoms with E-state index < -0.39 is 37.3 Å². The summed E-state index contributed by atoms with van der Waals surface area (Å²) in [5, 5.41) is 39.4. The molecule has 1 fully saturated rings. The van der Waals surface area contributed by atoms with Gasteiger partial charge in [-0.15, -0.1) is 0 Å². The molecule has 0 aliphatic carbocycles. The summed E-state index contributed by atoms with van der Waals surface area (Å²) in [4.78, 5) is 0. The van der Waals surface area contributed by atoms with E-state index in [1.54, 1.807) is 12.1 Å². The van der Waals surface area contributed by atoms with E-state index in [1.165, 1.54) is 0 Å². The lowest BCUT2D eigenvalue weighted by Gasteiger charge is -2.39. The van der Waals surface area contributed by atoms with Gasteiger partial charge in [-0.3, -0.25) is 0 Å². The van der Waals surface area contributed by atoms with Crippen molar-refractivity contribution in [3.05, 3.63) is 41.5 Å². The Hall–Kier alpha value is -2.76. The molecule has 2 aromatic rings. The van der Waals surface area contributed by atoms with Crippen LogP contribution in [0, 0.1) is 0 Å². The molecule has 0 saturated carbocycles. The van der Waals surface area contributed by atoms with Crippen molar-refractivity contribution in [3.8, 4) is 28.7 Å². The highest BCUT2D eigenvalue weighted by Crippen LogP contribution is 2.54. The number of aliphatic hydroxyl groups is 4. The second-order valence-electron chi connectivity index (χ2n) is 8.21. The zero-order valence-electron chi connectivity index (χ0n) is 16.8. The van der Waals surface area contributed by atoms with E-state index in [1.807, 2.05) is 18.2 Å². The van der Waals surface area contributed by atoms with Gasteiger partial charge in [0.05, 0.1) is 19.1 Å². The van der Waals surface area contributed by atoms with Gasteiger partial charge in [0.2, 0.25) is 13.1 Å². The van der Waals surface area contributed by atoms with E-state index in [0.717, 1.165) is 16.9 Å². The van der Waals surface area contributed by atoms with Gasteiger partial charge in [-0.05, 0) is 18.2 Å². The second kappa shape index (κ2) is 7.39. The van der Waals surface area contributed by atoms with Crippen molar-refractivity contribution in [2.45, 2.75) is 42.7 Å². The van der Waals surface area contributed by atoms with Crippen molar-refractivity contribution < 1.29 is 48.8 Å². The lowest BCUT2D eigenvalue weighted by atomic mass is 9.89. The van der Waals surface area contributed by atoms with Crippen LogP contribution in [-0.4, -0.2) is 71.1 Å². The first-order chi connectivity index (χ1) is 15.5. The SMILES string of the molecule is OC[C@@H]1O[C@@H](Oc2ccc3c(c2)OC[C@@H]2c4cc5c(cc4O[C@@H]32)OCO5)[C@@H](O)[C@H](O)[C@H]1O. The van der Waals surface area contributed by atoms with E-state index in [0.29, 0.717) is 29.6 Å². The normalized spacial score (nSPS) is 34.1. The van der Waals surface area contributed by atoms with Crippen molar-refractivity contribution in [1.29, 1.82) is 0 Å². The van der Waals surface area contributed by atoms with Crippen molar-refractivity contribution >= 4 is 0 Å². The maximum atomic E-state index is 10.2. The summed E-state index contributed by atoms with van der Waals surface area (Å²) in [5.74, 6) is 3.00. The molecule has 0 radical (unpaired) electrons. The zero-order chi connectivity index (χ0) is 22.0. The Labute approximate surface area is 182 Å². The summed E-state index contributed by atoms with van der Waals surface area (Å²) in [7, 11) is 0. The van der Waals surface area contributed by atoms with E-state index in [4.69, 9.17) is 28.4 Å². The molecule has 4 heterocycles. The molecule has 2 aromatic carbocycles. The maximum absolute atomic E-state index is 10.2. The van der Waals surface area contributed by atoms with Crippen LogP contribution in [0.5, 0.6) is 28.7 Å². The summed E-state index contributed by atoms with van der Waals surface area (Å²) in [6, 6.07) is 8.94. The molecule has 0 amide bonds. The van der Waals surface area contributed by atoms with Gasteiger partial charge >= 0.3 is 0 Å². The first-order valence-electron chi connectivity index (χ1n) is 10.4. The number of rotatable bonds is 3. The number of ether oxygens (including phenoxy) is 6. The highest BCUT2D eigenvalue weighted by atomic mass is 16.7. The minimum Gasteiger partial charge on any atom is -0.492 e. The van der Waals surface area contributed by atoms with Crippen LogP contribution in [0.3, 0.4) is 0 Å². The fraction of sp³-hybridized carbons (Fsp3) is 0.455. The summed E-state index contributed by atoms with van der Waals surface area (Å²) in [6.45, 7) is 0.0648. The van der Waals surface area contributed by atoms with Gasteiger partial charge in [0, 0.05) is 23.3 Å². The van der Waals surface area contributed by atoms with Gasteiger partial charge in [-0.25, -0.2) is 0 Å². The Bertz CT molecular complexity index is 1040. The molecule has 4 aliphatic heterocycles. The molecule has 7 atom stereocenters. The molecule has 0 aromatic heterocycles. The van der Waals surface area contributed by atoms with Crippen LogP contribution >= 0.6 is 0 Å². The molecule has 170 valence electrons. The lowest BCUT2D eigenvalue weighted by molar-refractivity contribution is -0.277. The average Bonchev–Trinajstić information content (AvgIpc) is 3.41. The predicted octanol–water partition coefficient (Wildman–Crippen LogP) is 0.204. The summed E-state index contributed by atoms with van der Waals surface area (Å²) < 4.78 is 34.2. The summed E-state index contributed by atoms with van der Waals surface area (Å²) in [5.41, 5.74) is 1.85. The fourth-order valence-corrected chi connectivity index (χ4v) is 4.60. The van der Waals surface area contributed by atoms with Crippen LogP contribution in [0.4, 0.5) is 0 Å². The molecule has 32 heavy (non-hydrogen) atoms. The third-order valence-electron chi connectivity index (χ3n) is 6.33. The van der Waals surface area contributed by atoms with E-state index in [-0.39, 0.29) is 18.8 Å². The molecular formula is C22H22O10. The van der Waals surface area contributed by atoms with Crippen LogP contribution < -0.4 is 23.7 Å². The van der Waals surface area contributed by atoms with Gasteiger partial charge in [-0.1, -0.05) is 0 Å². The van der Waals surface area contributed by atoms with Gasteiger partial charge in [0.25, 0.3) is 0 Å². The fourth-order valence-electron chi connectivity index (χ4n) is 4.60. The minimum atomic E-state index is -1.51. The lowest BCUT2D eigenvalue weighted by Crippen LogP contribution is -2.60. The minimum absolute atomic E-state index is 0.00390. The van der Waals surface area contributed by atoms with E-state index >= 15 is 0 Å². The topological polar surface area (TPSA) is 136 Å². The van der Waals surface area contributed by atoms with Crippen molar-refractivity contribution in [3.63, 3.8) is 0 Å². The third-order valence-corrected chi connectivity index (χ3v) is 6.33. The molecule has 0 spiro atoms. The quantitative estimate of drug-likeness (QED) is 0.518. The molecule has 6 rings (SSSR count). The number of hydrogen-bond donors (Lipinski definition) is 4. The first kappa shape index (κ1) is 19.9. The number of hydrogen-bond acceptors (Lipinski definition) is 10. The molecular weight excluding hydrogens is 424 g/mol. The van der Waals surface area contributed by atoms with Crippen LogP contribution in [0.2, 0.25) is 0 Å². The summed E-state index contributed by atoms with van der Waals surface area (Å²) in [6.07, 6.45) is -7.01. The number of fused-ring (bicyclic) bond motifs is 6. The van der Waals surface area contributed by atoms with Crippen LogP contribution in [0.15, 0.2) is 30.3 Å². The highest BCUT2D eigenvalue weighted by Gasteiger charge is 2.45. The Morgan fingerprint density at radius 3 is 2.47 bits per heavy atom. The maximum Gasteiger partial charge on any atom is 0.231 e. The van der Waals surface area contributed by atoms with Crippen LogP contribution in [0.1, 0.15) is 23.1 Å². The Morgan fingerprint density at radius 1 is 0.844 bits per heavy atom. The smallest absolute Gasteiger partial charge is 0.231 e. The molecule has 4 N–H and O–H groups in total. The Balaban J connectivity index is 1.23. The predicted molar refractivity (Wildman–Crippen MR) is 105 cm³/mol.